The predicted molar refractivity (Wildman–Crippen MR) is 60.1 cm³/mol. The van der Waals surface area contributed by atoms with E-state index in [2.05, 4.69) is 9.88 Å². The second-order valence-electron chi connectivity index (χ2n) is 4.16. The molecule has 0 amide bonds. The van der Waals surface area contributed by atoms with Crippen molar-refractivity contribution in [3.63, 3.8) is 0 Å². The van der Waals surface area contributed by atoms with E-state index in [1.807, 2.05) is 6.92 Å². The smallest absolute Gasteiger partial charge is 0.195 e. The van der Waals surface area contributed by atoms with Crippen molar-refractivity contribution in [1.82, 2.24) is 9.88 Å². The molecule has 0 radical (unpaired) electrons. The van der Waals surface area contributed by atoms with Gasteiger partial charge in [0.1, 0.15) is 6.26 Å². The van der Waals surface area contributed by atoms with Crippen LogP contribution >= 0.6 is 0 Å². The first-order valence-electron chi connectivity index (χ1n) is 5.75. The number of ether oxygens (including phenoxy) is 1. The Labute approximate surface area is 95.6 Å². The summed E-state index contributed by atoms with van der Waals surface area (Å²) in [6, 6.07) is -0.0547. The Morgan fingerprint density at radius 3 is 2.88 bits per heavy atom. The molecule has 90 valence electrons. The summed E-state index contributed by atoms with van der Waals surface area (Å²) in [5.74, 6) is 0.777. The zero-order chi connectivity index (χ0) is 11.4. The summed E-state index contributed by atoms with van der Waals surface area (Å²) >= 11 is 0. The van der Waals surface area contributed by atoms with Gasteiger partial charge >= 0.3 is 0 Å². The largest absolute Gasteiger partial charge is 0.449 e. The molecule has 2 rings (SSSR count). The Bertz CT molecular complexity index is 319. The normalized spacial score (nSPS) is 19.9. The quantitative estimate of drug-likeness (QED) is 0.811. The molecule has 0 aliphatic carbocycles. The Balaban J connectivity index is 1.79. The summed E-state index contributed by atoms with van der Waals surface area (Å²) < 4.78 is 10.7. The summed E-state index contributed by atoms with van der Waals surface area (Å²) in [5.41, 5.74) is 6.55. The van der Waals surface area contributed by atoms with Gasteiger partial charge in [-0.15, -0.1) is 0 Å². The Morgan fingerprint density at radius 2 is 2.25 bits per heavy atom. The Morgan fingerprint density at radius 1 is 1.50 bits per heavy atom. The van der Waals surface area contributed by atoms with Gasteiger partial charge in [0.05, 0.1) is 18.9 Å². The summed E-state index contributed by atoms with van der Waals surface area (Å²) in [5, 5.41) is 0. The molecular weight excluding hydrogens is 206 g/mol. The second kappa shape index (κ2) is 5.43. The van der Waals surface area contributed by atoms with Crippen LogP contribution in [0.2, 0.25) is 0 Å². The molecule has 1 aromatic rings. The van der Waals surface area contributed by atoms with E-state index in [-0.39, 0.29) is 6.04 Å². The molecule has 0 spiro atoms. The molecule has 2 N–H and O–H groups in total. The summed E-state index contributed by atoms with van der Waals surface area (Å²) in [7, 11) is 0. The standard InChI is InChI=1S/C11H19N3O2/c1-9(12)10-8-16-11(13-10)2-3-14-4-6-15-7-5-14/h8-9H,2-7,12H2,1H3. The van der Waals surface area contributed by atoms with E-state index in [1.165, 1.54) is 0 Å². The van der Waals surface area contributed by atoms with Gasteiger partial charge in [-0.05, 0) is 6.92 Å². The second-order valence-corrected chi connectivity index (χ2v) is 4.16. The van der Waals surface area contributed by atoms with Crippen LogP contribution in [0.4, 0.5) is 0 Å². The molecule has 1 atom stereocenters. The van der Waals surface area contributed by atoms with Crippen LogP contribution in [0, 0.1) is 0 Å². The van der Waals surface area contributed by atoms with E-state index in [0.717, 1.165) is 50.9 Å². The van der Waals surface area contributed by atoms with Gasteiger partial charge in [-0.1, -0.05) is 0 Å². The number of aromatic nitrogens is 1. The molecule has 16 heavy (non-hydrogen) atoms. The predicted octanol–water partition coefficient (Wildman–Crippen LogP) is 0.569. The highest BCUT2D eigenvalue weighted by Crippen LogP contribution is 2.10. The molecule has 0 aromatic carbocycles. The van der Waals surface area contributed by atoms with Gasteiger partial charge in [0.15, 0.2) is 5.89 Å². The van der Waals surface area contributed by atoms with Crippen molar-refractivity contribution >= 4 is 0 Å². The molecule has 5 heteroatoms. The SMILES string of the molecule is CC(N)c1coc(CCN2CCOCC2)n1. The lowest BCUT2D eigenvalue weighted by Crippen LogP contribution is -2.37. The molecule has 1 fully saturated rings. The minimum Gasteiger partial charge on any atom is -0.449 e. The Hall–Kier alpha value is -0.910. The van der Waals surface area contributed by atoms with Crippen LogP contribution in [0.3, 0.4) is 0 Å². The first-order valence-corrected chi connectivity index (χ1v) is 5.75. The van der Waals surface area contributed by atoms with Crippen molar-refractivity contribution in [3.8, 4) is 0 Å². The topological polar surface area (TPSA) is 64.5 Å². The molecular formula is C11H19N3O2. The highest BCUT2D eigenvalue weighted by atomic mass is 16.5. The van der Waals surface area contributed by atoms with Crippen molar-refractivity contribution < 1.29 is 9.15 Å². The number of hydrogen-bond acceptors (Lipinski definition) is 5. The van der Waals surface area contributed by atoms with Gasteiger partial charge in [0.2, 0.25) is 0 Å². The zero-order valence-electron chi connectivity index (χ0n) is 9.69. The number of morpholine rings is 1. The minimum absolute atomic E-state index is 0.0547. The maximum atomic E-state index is 5.72. The van der Waals surface area contributed by atoms with E-state index < -0.39 is 0 Å². The van der Waals surface area contributed by atoms with Crippen molar-refractivity contribution in [2.24, 2.45) is 5.73 Å². The van der Waals surface area contributed by atoms with Crippen LogP contribution in [0.5, 0.6) is 0 Å². The lowest BCUT2D eigenvalue weighted by molar-refractivity contribution is 0.0377. The van der Waals surface area contributed by atoms with Crippen molar-refractivity contribution in [2.45, 2.75) is 19.4 Å². The maximum absolute atomic E-state index is 5.72. The van der Waals surface area contributed by atoms with E-state index in [4.69, 9.17) is 14.9 Å². The van der Waals surface area contributed by atoms with Crippen molar-refractivity contribution in [3.05, 3.63) is 17.8 Å². The monoisotopic (exact) mass is 225 g/mol. The average molecular weight is 225 g/mol. The summed E-state index contributed by atoms with van der Waals surface area (Å²) in [6.45, 7) is 6.54. The first kappa shape index (κ1) is 11.6. The number of nitrogens with zero attached hydrogens (tertiary/aromatic N) is 2. The molecule has 5 nitrogen and oxygen atoms in total. The summed E-state index contributed by atoms with van der Waals surface area (Å²) in [6.07, 6.45) is 2.49. The van der Waals surface area contributed by atoms with Crippen LogP contribution in [-0.2, 0) is 11.2 Å². The summed E-state index contributed by atoms with van der Waals surface area (Å²) in [4.78, 5) is 6.70. The third-order valence-electron chi connectivity index (χ3n) is 2.78. The van der Waals surface area contributed by atoms with Gasteiger partial charge in [-0.25, -0.2) is 4.98 Å². The zero-order valence-corrected chi connectivity index (χ0v) is 9.69. The lowest BCUT2D eigenvalue weighted by atomic mass is 10.3. The molecule has 1 aliphatic heterocycles. The molecule has 1 aliphatic rings. The average Bonchev–Trinajstić information content (AvgIpc) is 2.76. The fraction of sp³-hybridized carbons (Fsp3) is 0.727. The van der Waals surface area contributed by atoms with Crippen LogP contribution in [0.15, 0.2) is 10.7 Å². The van der Waals surface area contributed by atoms with E-state index >= 15 is 0 Å². The molecule has 1 unspecified atom stereocenters. The molecule has 1 saturated heterocycles. The Kier molecular flexibility index (Phi) is 3.93. The van der Waals surface area contributed by atoms with Crippen molar-refractivity contribution in [2.75, 3.05) is 32.8 Å². The minimum atomic E-state index is -0.0547. The fourth-order valence-corrected chi connectivity index (χ4v) is 1.73. The van der Waals surface area contributed by atoms with E-state index in [0.29, 0.717) is 0 Å². The maximum Gasteiger partial charge on any atom is 0.195 e. The fourth-order valence-electron chi connectivity index (χ4n) is 1.73. The first-order chi connectivity index (χ1) is 7.75. The lowest BCUT2D eigenvalue weighted by Gasteiger charge is -2.25. The van der Waals surface area contributed by atoms with Crippen LogP contribution < -0.4 is 5.73 Å². The third kappa shape index (κ3) is 3.04. The van der Waals surface area contributed by atoms with Gasteiger partial charge < -0.3 is 14.9 Å². The number of rotatable bonds is 4. The van der Waals surface area contributed by atoms with Gasteiger partial charge in [0, 0.05) is 32.1 Å². The van der Waals surface area contributed by atoms with Crippen LogP contribution in [0.1, 0.15) is 24.6 Å². The van der Waals surface area contributed by atoms with Crippen LogP contribution in [-0.4, -0.2) is 42.7 Å². The molecule has 0 saturated carbocycles. The third-order valence-corrected chi connectivity index (χ3v) is 2.78. The number of hydrogen-bond donors (Lipinski definition) is 1. The van der Waals surface area contributed by atoms with Gasteiger partial charge in [0.25, 0.3) is 0 Å². The van der Waals surface area contributed by atoms with Gasteiger partial charge in [-0.2, -0.15) is 0 Å². The molecule has 1 aromatic heterocycles. The number of nitrogens with two attached hydrogens (primary N) is 1. The highest BCUT2D eigenvalue weighted by Gasteiger charge is 2.12. The van der Waals surface area contributed by atoms with Gasteiger partial charge in [-0.3, -0.25) is 4.90 Å². The number of oxazole rings is 1. The molecule has 0 bridgehead atoms. The highest BCUT2D eigenvalue weighted by molar-refractivity contribution is 5.01. The van der Waals surface area contributed by atoms with Crippen molar-refractivity contribution in [1.29, 1.82) is 0 Å². The van der Waals surface area contributed by atoms with E-state index in [1.54, 1.807) is 6.26 Å². The van der Waals surface area contributed by atoms with Crippen LogP contribution in [0.25, 0.3) is 0 Å². The molecule has 2 heterocycles. The van der Waals surface area contributed by atoms with E-state index in [9.17, 15) is 0 Å².